The van der Waals surface area contributed by atoms with Gasteiger partial charge in [-0.2, -0.15) is 0 Å². The number of likely N-dealkylation sites (N-methyl/N-ethyl adjacent to an activating group) is 1. The molecule has 0 saturated carbocycles. The van der Waals surface area contributed by atoms with E-state index in [-0.39, 0.29) is 5.91 Å². The molecule has 188 valence electrons. The molecule has 0 spiro atoms. The fourth-order valence-corrected chi connectivity index (χ4v) is 4.96. The first-order valence-electron chi connectivity index (χ1n) is 12.3. The van der Waals surface area contributed by atoms with Crippen LogP contribution in [0.1, 0.15) is 35.3 Å². The number of benzene rings is 2. The van der Waals surface area contributed by atoms with Gasteiger partial charge in [0.1, 0.15) is 5.75 Å². The average molecular weight is 504 g/mol. The van der Waals surface area contributed by atoms with Crippen molar-refractivity contribution in [1.29, 1.82) is 0 Å². The summed E-state index contributed by atoms with van der Waals surface area (Å²) in [6.07, 6.45) is 3.64. The van der Waals surface area contributed by atoms with Crippen LogP contribution < -0.4 is 10.1 Å². The predicted molar refractivity (Wildman–Crippen MR) is 146 cm³/mol. The van der Waals surface area contributed by atoms with Crippen molar-refractivity contribution in [1.82, 2.24) is 24.8 Å². The molecule has 0 saturated heterocycles. The van der Waals surface area contributed by atoms with E-state index in [1.54, 1.807) is 25.1 Å². The summed E-state index contributed by atoms with van der Waals surface area (Å²) in [4.78, 5) is 23.9. The van der Waals surface area contributed by atoms with E-state index >= 15 is 0 Å². The van der Waals surface area contributed by atoms with Gasteiger partial charge in [0, 0.05) is 30.6 Å². The lowest BCUT2D eigenvalue weighted by molar-refractivity contribution is 0.0949. The molecule has 0 fully saturated rings. The van der Waals surface area contributed by atoms with Gasteiger partial charge in [0.25, 0.3) is 5.91 Å². The zero-order chi connectivity index (χ0) is 25.3. The molecule has 36 heavy (non-hydrogen) atoms. The second-order valence-electron chi connectivity index (χ2n) is 8.46. The van der Waals surface area contributed by atoms with Crippen molar-refractivity contribution >= 4 is 28.7 Å². The minimum atomic E-state index is -0.0323. The highest BCUT2D eigenvalue weighted by atomic mass is 32.2. The number of aromatic nitrogens is 3. The van der Waals surface area contributed by atoms with E-state index in [0.717, 1.165) is 58.5 Å². The number of carbonyl (C=O) groups is 1. The van der Waals surface area contributed by atoms with Gasteiger partial charge in [0.05, 0.1) is 30.9 Å². The first-order valence-corrected chi connectivity index (χ1v) is 13.2. The third-order valence-corrected chi connectivity index (χ3v) is 7.25. The molecule has 2 aromatic heterocycles. The van der Waals surface area contributed by atoms with Crippen molar-refractivity contribution in [3.63, 3.8) is 0 Å². The summed E-state index contributed by atoms with van der Waals surface area (Å²) in [6, 6.07) is 17.9. The van der Waals surface area contributed by atoms with Gasteiger partial charge in [-0.05, 0) is 54.5 Å². The normalized spacial score (nSPS) is 11.2. The number of amides is 1. The number of pyridine rings is 1. The first-order chi connectivity index (χ1) is 17.6. The van der Waals surface area contributed by atoms with Crippen molar-refractivity contribution in [2.75, 3.05) is 33.3 Å². The van der Waals surface area contributed by atoms with Crippen LogP contribution in [-0.2, 0) is 12.3 Å². The maximum Gasteiger partial charge on any atom is 0.251 e. The number of hydrogen-bond acceptors (Lipinski definition) is 6. The van der Waals surface area contributed by atoms with Crippen LogP contribution in [0.5, 0.6) is 5.75 Å². The van der Waals surface area contributed by atoms with E-state index in [1.807, 2.05) is 48.7 Å². The molecule has 1 amide bonds. The van der Waals surface area contributed by atoms with Crippen LogP contribution in [0.2, 0.25) is 0 Å². The summed E-state index contributed by atoms with van der Waals surface area (Å²) in [5.74, 6) is 1.56. The van der Waals surface area contributed by atoms with Crippen LogP contribution in [0.15, 0.2) is 72.1 Å². The number of nitrogens with zero attached hydrogens (tertiary/aromatic N) is 4. The van der Waals surface area contributed by atoms with Crippen LogP contribution in [0.25, 0.3) is 11.0 Å². The number of nitrogens with one attached hydrogen (secondary N) is 1. The van der Waals surface area contributed by atoms with Crippen LogP contribution in [0.3, 0.4) is 0 Å². The van der Waals surface area contributed by atoms with Crippen molar-refractivity contribution in [2.45, 2.75) is 31.3 Å². The van der Waals surface area contributed by atoms with Crippen LogP contribution in [0, 0.1) is 0 Å². The van der Waals surface area contributed by atoms with Crippen molar-refractivity contribution in [3.05, 3.63) is 83.7 Å². The highest BCUT2D eigenvalue weighted by molar-refractivity contribution is 7.98. The summed E-state index contributed by atoms with van der Waals surface area (Å²) in [6.45, 7) is 8.45. The molecule has 2 aromatic carbocycles. The molecule has 7 nitrogen and oxygen atoms in total. The van der Waals surface area contributed by atoms with Crippen molar-refractivity contribution in [3.8, 4) is 5.75 Å². The molecule has 0 bridgehead atoms. The van der Waals surface area contributed by atoms with Crippen LogP contribution >= 0.6 is 11.8 Å². The van der Waals surface area contributed by atoms with Crippen molar-refractivity contribution < 1.29 is 9.53 Å². The molecule has 8 heteroatoms. The first kappa shape index (κ1) is 25.7. The molecule has 4 rings (SSSR count). The topological polar surface area (TPSA) is 72.3 Å². The average Bonchev–Trinajstić information content (AvgIpc) is 3.27. The molecule has 4 aromatic rings. The van der Waals surface area contributed by atoms with Crippen molar-refractivity contribution in [2.24, 2.45) is 0 Å². The number of fused-ring (bicyclic) bond motifs is 1. The monoisotopic (exact) mass is 503 g/mol. The lowest BCUT2D eigenvalue weighted by Crippen LogP contribution is -2.34. The quantitative estimate of drug-likeness (QED) is 0.279. The Morgan fingerprint density at radius 1 is 1.03 bits per heavy atom. The van der Waals surface area contributed by atoms with E-state index in [9.17, 15) is 4.79 Å². The molecular formula is C28H33N5O2S. The highest BCUT2D eigenvalue weighted by Crippen LogP contribution is 2.28. The van der Waals surface area contributed by atoms with Gasteiger partial charge in [0.2, 0.25) is 0 Å². The fourth-order valence-electron chi connectivity index (χ4n) is 3.99. The maximum absolute atomic E-state index is 12.5. The zero-order valence-electron chi connectivity index (χ0n) is 21.1. The SMILES string of the molecule is CCN(CC)CCNC(=O)c1ccc(CSc2nc3ccncc3n2Cc2ccc(OC)cc2)cc1. The summed E-state index contributed by atoms with van der Waals surface area (Å²) in [5, 5.41) is 3.95. The summed E-state index contributed by atoms with van der Waals surface area (Å²) >= 11 is 1.68. The Kier molecular flexibility index (Phi) is 8.97. The van der Waals surface area contributed by atoms with Gasteiger partial charge in [-0.1, -0.05) is 49.9 Å². The summed E-state index contributed by atoms with van der Waals surface area (Å²) in [7, 11) is 1.67. The van der Waals surface area contributed by atoms with Crippen LogP contribution in [-0.4, -0.2) is 58.6 Å². The Morgan fingerprint density at radius 2 is 1.75 bits per heavy atom. The van der Waals surface area contributed by atoms with E-state index in [4.69, 9.17) is 9.72 Å². The van der Waals surface area contributed by atoms with E-state index < -0.39 is 0 Å². The number of methoxy groups -OCH3 is 1. The van der Waals surface area contributed by atoms with E-state index in [2.05, 4.69) is 45.7 Å². The van der Waals surface area contributed by atoms with Gasteiger partial charge in [0.15, 0.2) is 5.16 Å². The smallest absolute Gasteiger partial charge is 0.251 e. The van der Waals surface area contributed by atoms with E-state index in [1.165, 1.54) is 0 Å². The standard InChI is InChI=1S/C28H33N5O2S/c1-4-32(5-2)17-16-30-27(34)23-10-6-22(7-11-23)20-36-28-31-25-14-15-29-18-26(25)33(28)19-21-8-12-24(35-3)13-9-21/h6-15,18H,4-5,16-17,19-20H2,1-3H3,(H,30,34). The number of imidazole rings is 1. The summed E-state index contributed by atoms with van der Waals surface area (Å²) < 4.78 is 7.49. The largest absolute Gasteiger partial charge is 0.497 e. The van der Waals surface area contributed by atoms with Gasteiger partial charge in [-0.3, -0.25) is 9.78 Å². The number of carbonyl (C=O) groups excluding carboxylic acids is 1. The molecule has 0 aliphatic rings. The third-order valence-electron chi connectivity index (χ3n) is 6.21. The minimum absolute atomic E-state index is 0.0323. The van der Waals surface area contributed by atoms with Crippen LogP contribution in [0.4, 0.5) is 0 Å². The molecule has 1 N–H and O–H groups in total. The molecule has 0 radical (unpaired) electrons. The van der Waals surface area contributed by atoms with Gasteiger partial charge < -0.3 is 19.5 Å². The van der Waals surface area contributed by atoms with E-state index in [0.29, 0.717) is 18.7 Å². The Labute approximate surface area is 216 Å². The highest BCUT2D eigenvalue weighted by Gasteiger charge is 2.13. The lowest BCUT2D eigenvalue weighted by atomic mass is 10.1. The lowest BCUT2D eigenvalue weighted by Gasteiger charge is -2.17. The van der Waals surface area contributed by atoms with Gasteiger partial charge >= 0.3 is 0 Å². The molecule has 0 atom stereocenters. The second-order valence-corrected chi connectivity index (χ2v) is 9.40. The second kappa shape index (κ2) is 12.6. The predicted octanol–water partition coefficient (Wildman–Crippen LogP) is 4.85. The molecule has 0 aliphatic heterocycles. The Bertz CT molecular complexity index is 1270. The Hall–Kier alpha value is -3.36. The third kappa shape index (κ3) is 6.44. The maximum atomic E-state index is 12.5. The summed E-state index contributed by atoms with van der Waals surface area (Å²) in [5.41, 5.74) is 4.92. The van der Waals surface area contributed by atoms with Gasteiger partial charge in [-0.25, -0.2) is 4.98 Å². The minimum Gasteiger partial charge on any atom is -0.497 e. The fraction of sp³-hybridized carbons (Fsp3) is 0.321. The Morgan fingerprint density at radius 3 is 2.44 bits per heavy atom. The molecule has 2 heterocycles. The molecule has 0 aliphatic carbocycles. The number of ether oxygens (including phenoxy) is 1. The zero-order valence-corrected chi connectivity index (χ0v) is 21.9. The molecule has 0 unspecified atom stereocenters. The number of thioether (sulfide) groups is 1. The Balaban J connectivity index is 1.41. The van der Waals surface area contributed by atoms with Gasteiger partial charge in [-0.15, -0.1) is 0 Å². The number of rotatable bonds is 12. The number of hydrogen-bond donors (Lipinski definition) is 1. The molecular weight excluding hydrogens is 470 g/mol.